The normalized spacial score (nSPS) is 24.2. The monoisotopic (exact) mass is 490 g/mol. The second-order valence-electron chi connectivity index (χ2n) is 10.1. The average molecular weight is 491 g/mol. The smallest absolute Gasteiger partial charge is 0.119 e. The molecule has 1 aliphatic heterocycles. The van der Waals surface area contributed by atoms with Crippen molar-refractivity contribution in [1.29, 1.82) is 0 Å². The third-order valence-electron chi connectivity index (χ3n) is 7.98. The fraction of sp³-hybridized carbons (Fsp3) is 0.516. The van der Waals surface area contributed by atoms with Gasteiger partial charge in [0, 0.05) is 51.6 Å². The van der Waals surface area contributed by atoms with E-state index in [0.717, 1.165) is 44.7 Å². The molecule has 4 rings (SSSR count). The van der Waals surface area contributed by atoms with E-state index in [-0.39, 0.29) is 0 Å². The zero-order chi connectivity index (χ0) is 25.3. The molecule has 0 amide bonds. The number of nitrogens with one attached hydrogen (secondary N) is 1. The minimum atomic E-state index is 0.354. The van der Waals surface area contributed by atoms with Crippen LogP contribution < -0.4 is 10.1 Å². The molecule has 1 N–H and O–H groups in total. The number of pyridine rings is 1. The van der Waals surface area contributed by atoms with Crippen molar-refractivity contribution in [3.8, 4) is 5.75 Å². The van der Waals surface area contributed by atoms with Crippen LogP contribution >= 0.6 is 0 Å². The van der Waals surface area contributed by atoms with Crippen LogP contribution in [0.3, 0.4) is 0 Å². The first kappa shape index (κ1) is 26.6. The van der Waals surface area contributed by atoms with Gasteiger partial charge in [-0.05, 0) is 85.0 Å². The first-order valence-corrected chi connectivity index (χ1v) is 13.4. The zero-order valence-corrected chi connectivity index (χ0v) is 22.3. The lowest BCUT2D eigenvalue weighted by Crippen LogP contribution is -2.37. The van der Waals surface area contributed by atoms with Gasteiger partial charge in [-0.25, -0.2) is 0 Å². The average Bonchev–Trinajstić information content (AvgIpc) is 2.91. The number of methoxy groups -OCH3 is 2. The van der Waals surface area contributed by atoms with Gasteiger partial charge in [0.05, 0.1) is 6.61 Å². The summed E-state index contributed by atoms with van der Waals surface area (Å²) in [7, 11) is 3.47. The molecule has 5 nitrogen and oxygen atoms in total. The Morgan fingerprint density at radius 1 is 1.06 bits per heavy atom. The molecule has 5 heteroatoms. The van der Waals surface area contributed by atoms with Crippen molar-refractivity contribution in [1.82, 2.24) is 10.3 Å². The Hall–Kier alpha value is -2.47. The first-order chi connectivity index (χ1) is 17.6. The van der Waals surface area contributed by atoms with Gasteiger partial charge in [-0.2, -0.15) is 0 Å². The van der Waals surface area contributed by atoms with Gasteiger partial charge in [-0.1, -0.05) is 36.8 Å². The standard InChI is InChI=1S/C31H42N2O3/c1-22-23(2)28(31-21-33-15-13-30(31)25-7-5-14-32-20-25)12-11-27(22)29-10-9-26(36-18-17-35-4)19-24(29)8-6-16-34-3/h5,7,9-12,14,19-20,22,27,30-31,33H,6,8,13,15-18,21H2,1-4H3. The third kappa shape index (κ3) is 6.26. The second-order valence-corrected chi connectivity index (χ2v) is 10.1. The van der Waals surface area contributed by atoms with E-state index in [4.69, 9.17) is 14.2 Å². The van der Waals surface area contributed by atoms with E-state index in [1.807, 2.05) is 6.20 Å². The van der Waals surface area contributed by atoms with Crippen molar-refractivity contribution < 1.29 is 14.2 Å². The highest BCUT2D eigenvalue weighted by Crippen LogP contribution is 2.44. The van der Waals surface area contributed by atoms with Gasteiger partial charge in [0.2, 0.25) is 0 Å². The van der Waals surface area contributed by atoms with Crippen LogP contribution in [-0.2, 0) is 15.9 Å². The molecule has 194 valence electrons. The molecule has 2 aromatic rings. The van der Waals surface area contributed by atoms with E-state index < -0.39 is 0 Å². The molecule has 1 aromatic carbocycles. The van der Waals surface area contributed by atoms with Crippen LogP contribution in [0.2, 0.25) is 0 Å². The number of aromatic nitrogens is 1. The van der Waals surface area contributed by atoms with E-state index in [1.165, 1.54) is 27.8 Å². The van der Waals surface area contributed by atoms with E-state index in [9.17, 15) is 0 Å². The Morgan fingerprint density at radius 2 is 1.92 bits per heavy atom. The highest BCUT2D eigenvalue weighted by molar-refractivity contribution is 5.46. The van der Waals surface area contributed by atoms with Gasteiger partial charge in [0.1, 0.15) is 12.4 Å². The minimum Gasteiger partial charge on any atom is -0.491 e. The van der Waals surface area contributed by atoms with Crippen molar-refractivity contribution >= 4 is 0 Å². The largest absolute Gasteiger partial charge is 0.491 e. The van der Waals surface area contributed by atoms with Crippen LogP contribution in [0.15, 0.2) is 66.0 Å². The van der Waals surface area contributed by atoms with Crippen LogP contribution in [-0.4, -0.2) is 52.1 Å². The Bertz CT molecular complexity index is 1030. The van der Waals surface area contributed by atoms with Gasteiger partial charge in [0.15, 0.2) is 0 Å². The van der Waals surface area contributed by atoms with E-state index >= 15 is 0 Å². The number of hydrogen-bond acceptors (Lipinski definition) is 5. The number of nitrogens with zero attached hydrogens (tertiary/aromatic N) is 1. The number of hydrogen-bond donors (Lipinski definition) is 1. The van der Waals surface area contributed by atoms with Gasteiger partial charge in [-0.3, -0.25) is 4.98 Å². The number of ether oxygens (including phenoxy) is 3. The van der Waals surface area contributed by atoms with E-state index in [0.29, 0.717) is 36.9 Å². The lowest BCUT2D eigenvalue weighted by molar-refractivity contribution is 0.146. The van der Waals surface area contributed by atoms with E-state index in [2.05, 4.69) is 72.8 Å². The van der Waals surface area contributed by atoms with Gasteiger partial charge in [0.25, 0.3) is 0 Å². The van der Waals surface area contributed by atoms with Crippen LogP contribution in [0.4, 0.5) is 0 Å². The maximum absolute atomic E-state index is 5.94. The summed E-state index contributed by atoms with van der Waals surface area (Å²) in [5, 5.41) is 3.65. The molecule has 0 bridgehead atoms. The summed E-state index contributed by atoms with van der Waals surface area (Å²) < 4.78 is 16.4. The van der Waals surface area contributed by atoms with Crippen molar-refractivity contribution in [3.05, 3.63) is 82.7 Å². The van der Waals surface area contributed by atoms with Crippen LogP contribution in [0, 0.1) is 11.8 Å². The second kappa shape index (κ2) is 13.2. The number of benzene rings is 1. The van der Waals surface area contributed by atoms with Gasteiger partial charge in [-0.15, -0.1) is 0 Å². The fourth-order valence-electron chi connectivity index (χ4n) is 5.87. The number of rotatable bonds is 11. The molecule has 1 saturated heterocycles. The maximum Gasteiger partial charge on any atom is 0.119 e. The van der Waals surface area contributed by atoms with Crippen LogP contribution in [0.5, 0.6) is 5.75 Å². The van der Waals surface area contributed by atoms with Crippen LogP contribution in [0.1, 0.15) is 55.2 Å². The lowest BCUT2D eigenvalue weighted by atomic mass is 9.69. The quantitative estimate of drug-likeness (QED) is 0.411. The highest BCUT2D eigenvalue weighted by Gasteiger charge is 2.33. The van der Waals surface area contributed by atoms with Crippen molar-refractivity contribution in [3.63, 3.8) is 0 Å². The van der Waals surface area contributed by atoms with Crippen molar-refractivity contribution in [2.75, 3.05) is 47.1 Å². The fourth-order valence-corrected chi connectivity index (χ4v) is 5.87. The molecule has 2 heterocycles. The molecule has 0 radical (unpaired) electrons. The molecule has 4 atom stereocenters. The topological polar surface area (TPSA) is 52.6 Å². The molecule has 0 saturated carbocycles. The van der Waals surface area contributed by atoms with Crippen molar-refractivity contribution in [2.24, 2.45) is 11.8 Å². The molecular formula is C31H42N2O3. The summed E-state index contributed by atoms with van der Waals surface area (Å²) in [6, 6.07) is 10.9. The molecule has 1 aliphatic carbocycles. The van der Waals surface area contributed by atoms with Gasteiger partial charge < -0.3 is 19.5 Å². The third-order valence-corrected chi connectivity index (χ3v) is 7.98. The lowest BCUT2D eigenvalue weighted by Gasteiger charge is -2.38. The molecule has 1 fully saturated rings. The Labute approximate surface area is 217 Å². The maximum atomic E-state index is 5.94. The molecular weight excluding hydrogens is 448 g/mol. The van der Waals surface area contributed by atoms with Crippen LogP contribution in [0.25, 0.3) is 0 Å². The summed E-state index contributed by atoms with van der Waals surface area (Å²) >= 11 is 0. The molecule has 36 heavy (non-hydrogen) atoms. The number of allylic oxidation sites excluding steroid dienone is 3. The Morgan fingerprint density at radius 3 is 2.69 bits per heavy atom. The Kier molecular flexibility index (Phi) is 9.74. The molecule has 4 unspecified atom stereocenters. The van der Waals surface area contributed by atoms with Crippen molar-refractivity contribution in [2.45, 2.75) is 44.9 Å². The van der Waals surface area contributed by atoms with E-state index in [1.54, 1.807) is 14.2 Å². The molecule has 2 aliphatic rings. The predicted molar refractivity (Wildman–Crippen MR) is 146 cm³/mol. The summed E-state index contributed by atoms with van der Waals surface area (Å²) in [6.07, 6.45) is 11.9. The summed E-state index contributed by atoms with van der Waals surface area (Å²) in [5.41, 5.74) is 7.12. The summed E-state index contributed by atoms with van der Waals surface area (Å²) in [4.78, 5) is 4.42. The molecule has 0 spiro atoms. The summed E-state index contributed by atoms with van der Waals surface area (Å²) in [5.74, 6) is 2.68. The molecule has 1 aromatic heterocycles. The SMILES string of the molecule is COCCCc1cc(OCCOC)ccc1C1C=CC(C2CNCCC2c2cccnc2)=C(C)C1C. The zero-order valence-electron chi connectivity index (χ0n) is 22.3. The minimum absolute atomic E-state index is 0.354. The first-order valence-electron chi connectivity index (χ1n) is 13.4. The highest BCUT2D eigenvalue weighted by atomic mass is 16.5. The van der Waals surface area contributed by atoms with Gasteiger partial charge >= 0.3 is 0 Å². The Balaban J connectivity index is 1.58. The number of aryl methyl sites for hydroxylation is 1. The number of piperidine rings is 1. The summed E-state index contributed by atoms with van der Waals surface area (Å²) in [6.45, 7) is 8.73. The predicted octanol–water partition coefficient (Wildman–Crippen LogP) is 5.69.